The first-order valence-corrected chi connectivity index (χ1v) is 7.47. The zero-order chi connectivity index (χ0) is 14.4. The zero-order valence-corrected chi connectivity index (χ0v) is 13.5. The van der Waals surface area contributed by atoms with Crippen molar-refractivity contribution < 1.29 is 9.90 Å². The van der Waals surface area contributed by atoms with E-state index >= 15 is 0 Å². The van der Waals surface area contributed by atoms with E-state index in [0.717, 1.165) is 23.1 Å². The number of hydrogen-bond acceptors (Lipinski definition) is 2. The summed E-state index contributed by atoms with van der Waals surface area (Å²) in [5.74, 6) is -0.739. The quantitative estimate of drug-likeness (QED) is 0.803. The lowest BCUT2D eigenvalue weighted by molar-refractivity contribution is -0.137. The molecule has 0 aromatic heterocycles. The number of halogens is 2. The van der Waals surface area contributed by atoms with Crippen LogP contribution in [-0.2, 0) is 11.3 Å². The van der Waals surface area contributed by atoms with E-state index in [4.69, 9.17) is 16.7 Å². The third-order valence-corrected chi connectivity index (χ3v) is 3.93. The Kier molecular flexibility index (Phi) is 6.83. The molecule has 5 heteroatoms. The molecule has 106 valence electrons. The highest BCUT2D eigenvalue weighted by molar-refractivity contribution is 9.10. The maximum absolute atomic E-state index is 10.6. The molecular weight excluding hydrogens is 330 g/mol. The van der Waals surface area contributed by atoms with E-state index in [2.05, 4.69) is 34.7 Å². The summed E-state index contributed by atoms with van der Waals surface area (Å²) in [6.45, 7) is 5.79. The summed E-state index contributed by atoms with van der Waals surface area (Å²) in [6, 6.07) is 6.12. The van der Waals surface area contributed by atoms with Crippen LogP contribution in [-0.4, -0.2) is 28.6 Å². The molecule has 1 aromatic rings. The number of nitrogens with zero attached hydrogens (tertiary/aromatic N) is 1. The van der Waals surface area contributed by atoms with Gasteiger partial charge in [0.1, 0.15) is 0 Å². The Hall–Kier alpha value is -0.580. The Morgan fingerprint density at radius 3 is 2.68 bits per heavy atom. The number of rotatable bonds is 7. The van der Waals surface area contributed by atoms with Crippen LogP contribution in [0.4, 0.5) is 0 Å². The van der Waals surface area contributed by atoms with Crippen molar-refractivity contribution in [1.29, 1.82) is 0 Å². The third-order valence-electron chi connectivity index (χ3n) is 2.95. The van der Waals surface area contributed by atoms with Crippen LogP contribution in [0.3, 0.4) is 0 Å². The number of aliphatic carboxylic acids is 1. The maximum atomic E-state index is 10.6. The molecule has 0 fully saturated rings. The summed E-state index contributed by atoms with van der Waals surface area (Å²) in [5, 5.41) is 9.39. The molecule has 0 amide bonds. The molecule has 0 radical (unpaired) electrons. The Morgan fingerprint density at radius 2 is 2.16 bits per heavy atom. The molecule has 3 nitrogen and oxygen atoms in total. The minimum absolute atomic E-state index is 0.213. The molecule has 0 saturated heterocycles. The van der Waals surface area contributed by atoms with Crippen LogP contribution in [0.2, 0.25) is 5.02 Å². The molecule has 0 aliphatic carbocycles. The van der Waals surface area contributed by atoms with Gasteiger partial charge in [0.2, 0.25) is 0 Å². The molecule has 0 atom stereocenters. The molecule has 0 aliphatic heterocycles. The summed E-state index contributed by atoms with van der Waals surface area (Å²) < 4.78 is 0.990. The molecule has 0 unspecified atom stereocenters. The SMILES string of the molecule is CC(C)N(CCCC(=O)O)Cc1ccc(Cl)cc1Br. The molecule has 0 heterocycles. The van der Waals surface area contributed by atoms with Crippen LogP contribution in [0.25, 0.3) is 0 Å². The smallest absolute Gasteiger partial charge is 0.303 e. The van der Waals surface area contributed by atoms with Crippen molar-refractivity contribution in [2.24, 2.45) is 0 Å². The minimum atomic E-state index is -0.739. The van der Waals surface area contributed by atoms with Gasteiger partial charge < -0.3 is 5.11 Å². The van der Waals surface area contributed by atoms with E-state index in [-0.39, 0.29) is 6.42 Å². The van der Waals surface area contributed by atoms with Gasteiger partial charge in [-0.2, -0.15) is 0 Å². The van der Waals surface area contributed by atoms with E-state index in [1.54, 1.807) is 0 Å². The molecule has 19 heavy (non-hydrogen) atoms. The molecule has 0 bridgehead atoms. The van der Waals surface area contributed by atoms with E-state index < -0.39 is 5.97 Å². The van der Waals surface area contributed by atoms with Crippen LogP contribution in [0.5, 0.6) is 0 Å². The standard InChI is InChI=1S/C14H19BrClNO2/c1-10(2)17(7-3-4-14(18)19)9-11-5-6-12(16)8-13(11)15/h5-6,8,10H,3-4,7,9H2,1-2H3,(H,18,19). The Bertz CT molecular complexity index is 437. The van der Waals surface area contributed by atoms with Crippen molar-refractivity contribution in [1.82, 2.24) is 4.90 Å². The van der Waals surface area contributed by atoms with Crippen molar-refractivity contribution >= 4 is 33.5 Å². The first-order valence-electron chi connectivity index (χ1n) is 6.30. The van der Waals surface area contributed by atoms with Gasteiger partial charge in [0.25, 0.3) is 0 Å². The molecule has 1 N–H and O–H groups in total. The van der Waals surface area contributed by atoms with Gasteiger partial charge in [-0.3, -0.25) is 9.69 Å². The highest BCUT2D eigenvalue weighted by Gasteiger charge is 2.12. The zero-order valence-electron chi connectivity index (χ0n) is 11.2. The van der Waals surface area contributed by atoms with Gasteiger partial charge in [0, 0.05) is 28.5 Å². The normalized spacial score (nSPS) is 11.3. The summed E-state index contributed by atoms with van der Waals surface area (Å²) >= 11 is 9.44. The Labute approximate surface area is 127 Å². The maximum Gasteiger partial charge on any atom is 0.303 e. The van der Waals surface area contributed by atoms with Crippen molar-refractivity contribution in [3.8, 4) is 0 Å². The average Bonchev–Trinajstić information content (AvgIpc) is 2.30. The molecular formula is C14H19BrClNO2. The number of carboxylic acids is 1. The van der Waals surface area contributed by atoms with Gasteiger partial charge in [-0.15, -0.1) is 0 Å². The second-order valence-corrected chi connectivity index (χ2v) is 6.09. The second kappa shape index (κ2) is 7.88. The number of carbonyl (C=O) groups is 1. The number of carboxylic acid groups (broad SMARTS) is 1. The minimum Gasteiger partial charge on any atom is -0.481 e. The predicted molar refractivity (Wildman–Crippen MR) is 81.6 cm³/mol. The lowest BCUT2D eigenvalue weighted by atomic mass is 10.1. The van der Waals surface area contributed by atoms with Crippen LogP contribution >= 0.6 is 27.5 Å². The van der Waals surface area contributed by atoms with E-state index in [0.29, 0.717) is 17.5 Å². The fraction of sp³-hybridized carbons (Fsp3) is 0.500. The molecule has 1 aromatic carbocycles. The van der Waals surface area contributed by atoms with Crippen LogP contribution in [0.1, 0.15) is 32.3 Å². The van der Waals surface area contributed by atoms with Crippen LogP contribution in [0.15, 0.2) is 22.7 Å². The van der Waals surface area contributed by atoms with Gasteiger partial charge >= 0.3 is 5.97 Å². The van der Waals surface area contributed by atoms with Gasteiger partial charge in [0.15, 0.2) is 0 Å². The highest BCUT2D eigenvalue weighted by Crippen LogP contribution is 2.23. The van der Waals surface area contributed by atoms with Crippen molar-refractivity contribution in [2.75, 3.05) is 6.54 Å². The number of benzene rings is 1. The molecule has 0 saturated carbocycles. The monoisotopic (exact) mass is 347 g/mol. The Balaban J connectivity index is 2.64. The van der Waals surface area contributed by atoms with Crippen molar-refractivity contribution in [3.05, 3.63) is 33.3 Å². The van der Waals surface area contributed by atoms with Gasteiger partial charge in [0.05, 0.1) is 0 Å². The lowest BCUT2D eigenvalue weighted by Crippen LogP contribution is -2.31. The largest absolute Gasteiger partial charge is 0.481 e. The summed E-state index contributed by atoms with van der Waals surface area (Å²) in [5.41, 5.74) is 1.16. The Morgan fingerprint density at radius 1 is 1.47 bits per heavy atom. The average molecular weight is 349 g/mol. The number of hydrogen-bond donors (Lipinski definition) is 1. The van der Waals surface area contributed by atoms with Gasteiger partial charge in [-0.1, -0.05) is 33.6 Å². The predicted octanol–water partition coefficient (Wildman–Crippen LogP) is 4.18. The molecule has 1 rings (SSSR count). The van der Waals surface area contributed by atoms with E-state index in [1.807, 2.05) is 18.2 Å². The molecule has 0 aliphatic rings. The summed E-state index contributed by atoms with van der Waals surface area (Å²) in [7, 11) is 0. The fourth-order valence-electron chi connectivity index (χ4n) is 1.82. The van der Waals surface area contributed by atoms with Crippen LogP contribution < -0.4 is 0 Å². The van der Waals surface area contributed by atoms with Crippen molar-refractivity contribution in [2.45, 2.75) is 39.3 Å². The van der Waals surface area contributed by atoms with E-state index in [9.17, 15) is 4.79 Å². The van der Waals surface area contributed by atoms with Gasteiger partial charge in [-0.05, 0) is 44.5 Å². The third kappa shape index (κ3) is 5.93. The first-order chi connectivity index (χ1) is 8.90. The lowest BCUT2D eigenvalue weighted by Gasteiger charge is -2.26. The highest BCUT2D eigenvalue weighted by atomic mass is 79.9. The first kappa shape index (κ1) is 16.5. The second-order valence-electron chi connectivity index (χ2n) is 4.80. The summed E-state index contributed by atoms with van der Waals surface area (Å²) in [6.07, 6.45) is 0.879. The van der Waals surface area contributed by atoms with E-state index in [1.165, 1.54) is 0 Å². The fourth-order valence-corrected chi connectivity index (χ4v) is 2.63. The van der Waals surface area contributed by atoms with Crippen LogP contribution in [0, 0.1) is 0 Å². The topological polar surface area (TPSA) is 40.5 Å². The van der Waals surface area contributed by atoms with Gasteiger partial charge in [-0.25, -0.2) is 0 Å². The molecule has 0 spiro atoms. The summed E-state index contributed by atoms with van der Waals surface area (Å²) in [4.78, 5) is 12.8. The van der Waals surface area contributed by atoms with Crippen molar-refractivity contribution in [3.63, 3.8) is 0 Å².